The maximum atomic E-state index is 12.6. The van der Waals surface area contributed by atoms with E-state index in [4.69, 9.17) is 9.47 Å². The lowest BCUT2D eigenvalue weighted by atomic mass is 9.42. The summed E-state index contributed by atoms with van der Waals surface area (Å²) in [6, 6.07) is 0. The van der Waals surface area contributed by atoms with Crippen molar-refractivity contribution in [3.63, 3.8) is 0 Å². The van der Waals surface area contributed by atoms with Crippen LogP contribution in [0.15, 0.2) is 5.10 Å². The van der Waals surface area contributed by atoms with E-state index in [2.05, 4.69) is 39.7 Å². The maximum Gasteiger partial charge on any atom is 0.303 e. The highest BCUT2D eigenvalue weighted by atomic mass is 16.8. The molecule has 0 aromatic heterocycles. The fourth-order valence-electron chi connectivity index (χ4n) is 10.0. The lowest BCUT2D eigenvalue weighted by molar-refractivity contribution is -0.205. The summed E-state index contributed by atoms with van der Waals surface area (Å²) < 4.78 is 11.8. The average molecular weight is 548 g/mol. The van der Waals surface area contributed by atoms with Gasteiger partial charge in [-0.25, -0.2) is 5.34 Å². The van der Waals surface area contributed by atoms with Gasteiger partial charge in [-0.05, 0) is 85.9 Å². The SMILES string of the molecule is CC(=O)O[C@H]1CC[C@]2(C)C3CC[C@@]4(C)C(CCC4[C@H](C)CCCC(C)C)C3C/C(=N\N([O-])O)[C@@]2(OC(C)=O)C1. The highest BCUT2D eigenvalue weighted by Crippen LogP contribution is 2.69. The van der Waals surface area contributed by atoms with Crippen LogP contribution in [0.2, 0.25) is 0 Å². The predicted molar refractivity (Wildman–Crippen MR) is 149 cm³/mol. The molecule has 0 aliphatic heterocycles. The van der Waals surface area contributed by atoms with E-state index in [1.165, 1.54) is 39.5 Å². The number of carbonyl (C=O) groups is 2. The molecule has 0 bridgehead atoms. The fraction of sp³-hybridized carbons (Fsp3) is 0.903. The molecule has 0 radical (unpaired) electrons. The van der Waals surface area contributed by atoms with Crippen molar-refractivity contribution in [1.82, 2.24) is 5.34 Å². The standard InChI is InChI=1S/C31H51N2O6/c1-19(2)9-8-10-20(3)25-11-12-26-24-17-28(32-33(36)37)31(39-22(5)35)18-23(38-21(4)34)13-16-30(31,7)27(24)14-15-29(25,26)6/h19-20,23-27,36H,8-18H2,1-7H3/q-1/b32-28+/t20-,23+,24?,25?,26?,27?,29-,30-,31+/m1/s1. The lowest BCUT2D eigenvalue weighted by Crippen LogP contribution is -2.69. The number of carbonyl (C=O) groups excluding carboxylic acids is 2. The molecule has 4 rings (SSSR count). The van der Waals surface area contributed by atoms with E-state index in [9.17, 15) is 20.0 Å². The monoisotopic (exact) mass is 547 g/mol. The quantitative estimate of drug-likeness (QED) is 0.260. The molecule has 8 nitrogen and oxygen atoms in total. The Morgan fingerprint density at radius 3 is 2.38 bits per heavy atom. The van der Waals surface area contributed by atoms with E-state index in [1.807, 2.05) is 0 Å². The molecule has 4 saturated carbocycles. The van der Waals surface area contributed by atoms with Gasteiger partial charge in [-0.3, -0.25) is 14.8 Å². The minimum Gasteiger partial charge on any atom is -0.716 e. The molecule has 0 amide bonds. The van der Waals surface area contributed by atoms with E-state index in [0.717, 1.165) is 25.2 Å². The molecule has 0 spiro atoms. The van der Waals surface area contributed by atoms with Crippen molar-refractivity contribution < 1.29 is 24.3 Å². The van der Waals surface area contributed by atoms with E-state index in [1.54, 1.807) is 0 Å². The topological polar surface area (TPSA) is 111 Å². The van der Waals surface area contributed by atoms with Gasteiger partial charge in [-0.1, -0.05) is 53.9 Å². The van der Waals surface area contributed by atoms with Crippen molar-refractivity contribution in [3.05, 3.63) is 5.21 Å². The number of ether oxygens (including phenoxy) is 2. The number of rotatable bonds is 8. The largest absolute Gasteiger partial charge is 0.716 e. The van der Waals surface area contributed by atoms with Gasteiger partial charge in [0.2, 0.25) is 0 Å². The summed E-state index contributed by atoms with van der Waals surface area (Å²) in [5, 5.41) is 25.4. The highest BCUT2D eigenvalue weighted by molar-refractivity contribution is 5.96. The zero-order chi connectivity index (χ0) is 28.8. The molecular weight excluding hydrogens is 496 g/mol. The molecule has 9 atom stereocenters. The first-order valence-corrected chi connectivity index (χ1v) is 15.3. The molecule has 0 saturated heterocycles. The second-order valence-corrected chi connectivity index (χ2v) is 14.2. The van der Waals surface area contributed by atoms with Gasteiger partial charge in [0, 0.05) is 25.7 Å². The van der Waals surface area contributed by atoms with Gasteiger partial charge >= 0.3 is 11.9 Å². The fourth-order valence-corrected chi connectivity index (χ4v) is 10.0. The summed E-state index contributed by atoms with van der Waals surface area (Å²) in [7, 11) is 0. The third kappa shape index (κ3) is 5.49. The number of esters is 2. The second-order valence-electron chi connectivity index (χ2n) is 14.2. The van der Waals surface area contributed by atoms with Crippen molar-refractivity contribution in [2.45, 2.75) is 131 Å². The number of hydrogen-bond donors (Lipinski definition) is 1. The van der Waals surface area contributed by atoms with Gasteiger partial charge in [0.1, 0.15) is 6.10 Å². The number of hydrazone groups is 1. The molecule has 8 heteroatoms. The van der Waals surface area contributed by atoms with Gasteiger partial charge in [0.15, 0.2) is 5.60 Å². The van der Waals surface area contributed by atoms with Gasteiger partial charge in [-0.15, -0.1) is 0 Å². The molecule has 0 aromatic rings. The van der Waals surface area contributed by atoms with Crippen molar-refractivity contribution in [1.29, 1.82) is 0 Å². The van der Waals surface area contributed by atoms with Crippen molar-refractivity contribution in [2.24, 2.45) is 51.4 Å². The van der Waals surface area contributed by atoms with Crippen molar-refractivity contribution >= 4 is 17.7 Å². The molecule has 222 valence electrons. The minimum atomic E-state index is -1.19. The zero-order valence-electron chi connectivity index (χ0n) is 25.2. The maximum absolute atomic E-state index is 12.6. The van der Waals surface area contributed by atoms with Gasteiger partial charge in [0.25, 0.3) is 0 Å². The van der Waals surface area contributed by atoms with Crippen LogP contribution in [0.5, 0.6) is 0 Å². The van der Waals surface area contributed by atoms with Crippen LogP contribution in [0.25, 0.3) is 0 Å². The van der Waals surface area contributed by atoms with E-state index >= 15 is 0 Å². The van der Waals surface area contributed by atoms with Crippen LogP contribution in [0.4, 0.5) is 0 Å². The van der Waals surface area contributed by atoms with Gasteiger partial charge in [0.05, 0.1) is 5.71 Å². The number of hydrogen-bond acceptors (Lipinski definition) is 8. The van der Waals surface area contributed by atoms with E-state index in [0.29, 0.717) is 54.6 Å². The van der Waals surface area contributed by atoms with Crippen LogP contribution in [0, 0.1) is 51.5 Å². The van der Waals surface area contributed by atoms with Crippen molar-refractivity contribution in [3.8, 4) is 0 Å². The molecular formula is C31H51N2O6-. The van der Waals surface area contributed by atoms with E-state index < -0.39 is 23.1 Å². The van der Waals surface area contributed by atoms with Crippen LogP contribution < -0.4 is 0 Å². The third-order valence-corrected chi connectivity index (χ3v) is 11.6. The normalized spacial score (nSPS) is 41.4. The number of nitrogens with zero attached hydrogens (tertiary/aromatic N) is 2. The smallest absolute Gasteiger partial charge is 0.303 e. The zero-order valence-corrected chi connectivity index (χ0v) is 25.2. The molecule has 1 N–H and O–H groups in total. The molecule has 0 aromatic carbocycles. The van der Waals surface area contributed by atoms with Crippen molar-refractivity contribution in [2.75, 3.05) is 0 Å². The Morgan fingerprint density at radius 1 is 1.05 bits per heavy atom. The second kappa shape index (κ2) is 11.3. The first-order valence-electron chi connectivity index (χ1n) is 15.3. The Bertz CT molecular complexity index is 951. The highest BCUT2D eigenvalue weighted by Gasteiger charge is 2.69. The molecule has 4 aliphatic carbocycles. The summed E-state index contributed by atoms with van der Waals surface area (Å²) in [5.41, 5.74) is -1.02. The van der Waals surface area contributed by atoms with Crippen LogP contribution in [0.1, 0.15) is 119 Å². The molecule has 4 fully saturated rings. The summed E-state index contributed by atoms with van der Waals surface area (Å²) in [5.74, 6) is 2.35. The number of fused-ring (bicyclic) bond motifs is 5. The molecule has 4 unspecified atom stereocenters. The molecule has 0 heterocycles. The third-order valence-electron chi connectivity index (χ3n) is 11.6. The van der Waals surface area contributed by atoms with Crippen LogP contribution >= 0.6 is 0 Å². The van der Waals surface area contributed by atoms with Crippen LogP contribution in [0.3, 0.4) is 0 Å². The summed E-state index contributed by atoms with van der Waals surface area (Å²) in [6.07, 6.45) is 10.1. The molecule has 39 heavy (non-hydrogen) atoms. The average Bonchev–Trinajstić information content (AvgIpc) is 3.16. The Balaban J connectivity index is 1.68. The summed E-state index contributed by atoms with van der Waals surface area (Å²) in [4.78, 5) is 24.4. The first-order chi connectivity index (χ1) is 18.2. The Kier molecular flexibility index (Phi) is 8.78. The molecule has 4 aliphatic rings. The Hall–Kier alpha value is -1.67. The lowest BCUT2D eigenvalue weighted by Gasteiger charge is -2.65. The van der Waals surface area contributed by atoms with Gasteiger partial charge < -0.3 is 14.7 Å². The Labute approximate surface area is 234 Å². The first kappa shape index (κ1) is 30.3. The summed E-state index contributed by atoms with van der Waals surface area (Å²) >= 11 is 0. The van der Waals surface area contributed by atoms with Gasteiger partial charge in [-0.2, -0.15) is 5.10 Å². The predicted octanol–water partition coefficient (Wildman–Crippen LogP) is 6.88. The van der Waals surface area contributed by atoms with Crippen LogP contribution in [-0.2, 0) is 19.1 Å². The van der Waals surface area contributed by atoms with E-state index in [-0.39, 0.29) is 23.1 Å². The minimum absolute atomic E-state index is 0.229. The Morgan fingerprint density at radius 2 is 1.77 bits per heavy atom. The summed E-state index contributed by atoms with van der Waals surface area (Å²) in [6.45, 7) is 14.5. The van der Waals surface area contributed by atoms with Crippen LogP contribution in [-0.4, -0.2) is 39.9 Å².